The average Bonchev–Trinajstić information content (AvgIpc) is 3.16. The van der Waals surface area contributed by atoms with Gasteiger partial charge in [-0.3, -0.25) is 0 Å². The highest BCUT2D eigenvalue weighted by Gasteiger charge is 2.49. The van der Waals surface area contributed by atoms with Crippen molar-refractivity contribution < 1.29 is 0 Å². The van der Waals surface area contributed by atoms with Crippen LogP contribution in [0.5, 0.6) is 0 Å². The summed E-state index contributed by atoms with van der Waals surface area (Å²) in [5.74, 6) is 2.32. The predicted octanol–water partition coefficient (Wildman–Crippen LogP) is 5.21. The predicted molar refractivity (Wildman–Crippen MR) is 96.5 cm³/mol. The van der Waals surface area contributed by atoms with E-state index in [0.717, 1.165) is 5.57 Å². The maximum absolute atomic E-state index is 5.55. The molecule has 0 aliphatic heterocycles. The molecule has 0 amide bonds. The van der Waals surface area contributed by atoms with Crippen molar-refractivity contribution in [3.8, 4) is 0 Å². The van der Waals surface area contributed by atoms with Crippen molar-refractivity contribution in [3.05, 3.63) is 58.6 Å². The van der Waals surface area contributed by atoms with Crippen LogP contribution in [0.2, 0.25) is 0 Å². The van der Waals surface area contributed by atoms with Crippen molar-refractivity contribution in [1.82, 2.24) is 0 Å². The molecule has 0 nitrogen and oxygen atoms in total. The molecule has 3 rings (SSSR count). The van der Waals surface area contributed by atoms with Crippen LogP contribution in [0.25, 0.3) is 0 Å². The highest BCUT2D eigenvalue weighted by atomic mass is 14.5. The molecule has 1 fully saturated rings. The van der Waals surface area contributed by atoms with Gasteiger partial charge in [0.2, 0.25) is 0 Å². The third-order valence-corrected chi connectivity index (χ3v) is 5.90. The average molecular weight is 290 g/mol. The standard InChI is InChI=1S/C21H27B/c1-15(14-22)7-9-18-13-21(18,4)17-10-8-16-6-5-11-20(2,3)19(16)12-17/h7-10,12,14,18H,5-6,11,13H2,1-4H3. The van der Waals surface area contributed by atoms with E-state index in [1.165, 1.54) is 31.2 Å². The Balaban J connectivity index is 1.87. The van der Waals surface area contributed by atoms with E-state index < -0.39 is 0 Å². The molecule has 0 heterocycles. The quantitative estimate of drug-likeness (QED) is 0.529. The van der Waals surface area contributed by atoms with E-state index in [4.69, 9.17) is 7.85 Å². The van der Waals surface area contributed by atoms with E-state index in [9.17, 15) is 0 Å². The zero-order valence-corrected chi connectivity index (χ0v) is 14.4. The monoisotopic (exact) mass is 290 g/mol. The summed E-state index contributed by atoms with van der Waals surface area (Å²) in [5, 5.41) is 0. The molecule has 1 aromatic rings. The Morgan fingerprint density at radius 2 is 2.05 bits per heavy atom. The first kappa shape index (κ1) is 15.7. The maximum atomic E-state index is 5.55. The fraction of sp³-hybridized carbons (Fsp3) is 0.524. The Labute approximate surface area is 137 Å². The van der Waals surface area contributed by atoms with Crippen LogP contribution in [0.4, 0.5) is 0 Å². The second-order valence-electron chi connectivity index (χ2n) is 8.11. The van der Waals surface area contributed by atoms with Crippen LogP contribution in [0, 0.1) is 5.92 Å². The van der Waals surface area contributed by atoms with Crippen molar-refractivity contribution in [2.75, 3.05) is 0 Å². The van der Waals surface area contributed by atoms with E-state index in [0.29, 0.717) is 16.7 Å². The minimum Gasteiger partial charge on any atom is -0.129 e. The fourth-order valence-electron chi connectivity index (χ4n) is 3.97. The molecule has 0 N–H and O–H groups in total. The van der Waals surface area contributed by atoms with Crippen molar-refractivity contribution in [3.63, 3.8) is 0 Å². The van der Waals surface area contributed by atoms with Gasteiger partial charge in [-0.05, 0) is 66.0 Å². The van der Waals surface area contributed by atoms with E-state index >= 15 is 0 Å². The topological polar surface area (TPSA) is 0 Å². The van der Waals surface area contributed by atoms with Gasteiger partial charge < -0.3 is 0 Å². The third kappa shape index (κ3) is 2.71. The van der Waals surface area contributed by atoms with Gasteiger partial charge in [-0.1, -0.05) is 56.7 Å². The highest BCUT2D eigenvalue weighted by molar-refractivity contribution is 6.17. The van der Waals surface area contributed by atoms with Crippen LogP contribution in [0.15, 0.2) is 41.9 Å². The Bertz CT molecular complexity index is 635. The molecule has 1 aromatic carbocycles. The number of rotatable bonds is 3. The number of allylic oxidation sites excluding steroid dienone is 3. The van der Waals surface area contributed by atoms with Gasteiger partial charge in [0, 0.05) is 0 Å². The molecule has 2 unspecified atom stereocenters. The van der Waals surface area contributed by atoms with E-state index in [2.05, 4.69) is 58.0 Å². The lowest BCUT2D eigenvalue weighted by atomic mass is 9.71. The van der Waals surface area contributed by atoms with Gasteiger partial charge in [0.1, 0.15) is 7.85 Å². The zero-order valence-electron chi connectivity index (χ0n) is 14.4. The summed E-state index contributed by atoms with van der Waals surface area (Å²) in [6, 6.07) is 7.27. The third-order valence-electron chi connectivity index (χ3n) is 5.90. The van der Waals surface area contributed by atoms with Gasteiger partial charge in [0.05, 0.1) is 0 Å². The molecule has 114 valence electrons. The first-order chi connectivity index (χ1) is 10.4. The molecule has 0 spiro atoms. The summed E-state index contributed by atoms with van der Waals surface area (Å²) >= 11 is 0. The molecule has 0 bridgehead atoms. The van der Waals surface area contributed by atoms with Crippen molar-refractivity contribution in [2.24, 2.45) is 5.92 Å². The van der Waals surface area contributed by atoms with Crippen molar-refractivity contribution in [2.45, 2.75) is 64.2 Å². The molecule has 2 radical (unpaired) electrons. The number of hydrogen-bond donors (Lipinski definition) is 0. The largest absolute Gasteiger partial charge is 0.129 e. The Morgan fingerprint density at radius 1 is 1.27 bits per heavy atom. The molecule has 2 aliphatic carbocycles. The smallest absolute Gasteiger partial charge is 0.103 e. The molecule has 0 saturated heterocycles. The van der Waals surface area contributed by atoms with Gasteiger partial charge in [0.15, 0.2) is 0 Å². The van der Waals surface area contributed by atoms with E-state index in [-0.39, 0.29) is 0 Å². The number of aryl methyl sites for hydroxylation is 1. The lowest BCUT2D eigenvalue weighted by Crippen LogP contribution is -2.24. The Hall–Kier alpha value is -1.24. The SMILES string of the molecule is [B]C=C(C)C=CC1CC1(C)c1ccc2c(c1)C(C)(C)CCC2. The Morgan fingerprint density at radius 3 is 2.77 bits per heavy atom. The lowest BCUT2D eigenvalue weighted by Gasteiger charge is -2.33. The second kappa shape index (κ2) is 5.44. The summed E-state index contributed by atoms with van der Waals surface area (Å²) in [5.41, 5.74) is 6.46. The number of benzene rings is 1. The number of fused-ring (bicyclic) bond motifs is 1. The molecule has 2 atom stereocenters. The van der Waals surface area contributed by atoms with Crippen LogP contribution in [-0.2, 0) is 17.3 Å². The van der Waals surface area contributed by atoms with Crippen LogP contribution in [0.3, 0.4) is 0 Å². The first-order valence-corrected chi connectivity index (χ1v) is 8.57. The Kier molecular flexibility index (Phi) is 3.87. The minimum absolute atomic E-state index is 0.313. The van der Waals surface area contributed by atoms with Crippen LogP contribution in [-0.4, -0.2) is 7.85 Å². The van der Waals surface area contributed by atoms with Gasteiger partial charge in [-0.2, -0.15) is 0 Å². The van der Waals surface area contributed by atoms with Gasteiger partial charge in [-0.15, -0.1) is 5.98 Å². The molecule has 0 aromatic heterocycles. The summed E-state index contributed by atoms with van der Waals surface area (Å²) in [6.45, 7) is 9.26. The van der Waals surface area contributed by atoms with Crippen molar-refractivity contribution in [1.29, 1.82) is 0 Å². The maximum Gasteiger partial charge on any atom is 0.103 e. The van der Waals surface area contributed by atoms with Crippen molar-refractivity contribution >= 4 is 7.85 Å². The van der Waals surface area contributed by atoms with E-state index in [1.54, 1.807) is 17.1 Å². The summed E-state index contributed by atoms with van der Waals surface area (Å²) < 4.78 is 0. The summed E-state index contributed by atoms with van der Waals surface area (Å²) in [4.78, 5) is 0. The first-order valence-electron chi connectivity index (χ1n) is 8.57. The van der Waals surface area contributed by atoms with Gasteiger partial charge in [0.25, 0.3) is 0 Å². The number of hydrogen-bond acceptors (Lipinski definition) is 0. The van der Waals surface area contributed by atoms with Gasteiger partial charge >= 0.3 is 0 Å². The molecule has 22 heavy (non-hydrogen) atoms. The normalized spacial score (nSPS) is 30.4. The fourth-order valence-corrected chi connectivity index (χ4v) is 3.97. The molecule has 2 aliphatic rings. The van der Waals surface area contributed by atoms with E-state index in [1.807, 2.05) is 0 Å². The van der Waals surface area contributed by atoms with Crippen LogP contribution in [0.1, 0.15) is 63.6 Å². The lowest BCUT2D eigenvalue weighted by molar-refractivity contribution is 0.431. The zero-order chi connectivity index (χ0) is 16.0. The van der Waals surface area contributed by atoms with Crippen LogP contribution < -0.4 is 0 Å². The second-order valence-corrected chi connectivity index (χ2v) is 8.11. The minimum atomic E-state index is 0.313. The highest BCUT2D eigenvalue weighted by Crippen LogP contribution is 2.55. The molecular weight excluding hydrogens is 263 g/mol. The molecular formula is C21H27B. The summed E-state index contributed by atoms with van der Waals surface area (Å²) in [6.07, 6.45) is 9.64. The molecule has 1 heteroatoms. The van der Waals surface area contributed by atoms with Gasteiger partial charge in [-0.25, -0.2) is 0 Å². The molecule has 1 saturated carbocycles. The summed E-state index contributed by atoms with van der Waals surface area (Å²) in [7, 11) is 5.55. The van der Waals surface area contributed by atoms with Crippen LogP contribution >= 0.6 is 0 Å².